The number of rotatable bonds is 3. The first-order chi connectivity index (χ1) is 9.50. The van der Waals surface area contributed by atoms with Gasteiger partial charge < -0.3 is 5.32 Å². The summed E-state index contributed by atoms with van der Waals surface area (Å²) in [5, 5.41) is 6.44. The van der Waals surface area contributed by atoms with Crippen molar-refractivity contribution < 1.29 is 9.18 Å². The minimum Gasteiger partial charge on any atom is -0.355 e. The molecule has 1 saturated heterocycles. The highest BCUT2D eigenvalue weighted by molar-refractivity contribution is 6.36. The number of carbonyl (C=O) groups excluding carboxylic acids is 1. The molecule has 20 heavy (non-hydrogen) atoms. The van der Waals surface area contributed by atoms with Gasteiger partial charge in [0.1, 0.15) is 5.82 Å². The van der Waals surface area contributed by atoms with E-state index in [1.54, 1.807) is 0 Å². The molecular formula is C14H17Cl2FN2O. The molecule has 3 nitrogen and oxygen atoms in total. The highest BCUT2D eigenvalue weighted by Gasteiger charge is 2.25. The second-order valence-corrected chi connectivity index (χ2v) is 5.77. The van der Waals surface area contributed by atoms with Gasteiger partial charge >= 0.3 is 0 Å². The maximum Gasteiger partial charge on any atom is 0.237 e. The van der Waals surface area contributed by atoms with Gasteiger partial charge in [-0.05, 0) is 38.3 Å². The van der Waals surface area contributed by atoms with Gasteiger partial charge in [0.05, 0.1) is 11.1 Å². The number of hydrogen-bond donors (Lipinski definition) is 2. The Kier molecular flexibility index (Phi) is 5.24. The summed E-state index contributed by atoms with van der Waals surface area (Å²) in [5.41, 5.74) is 0.491. The molecule has 0 aliphatic carbocycles. The number of halogens is 3. The van der Waals surface area contributed by atoms with Gasteiger partial charge in [-0.25, -0.2) is 4.39 Å². The third-order valence-corrected chi connectivity index (χ3v) is 4.21. The molecule has 1 heterocycles. The molecule has 1 aromatic carbocycles. The smallest absolute Gasteiger partial charge is 0.237 e. The molecule has 1 aromatic rings. The van der Waals surface area contributed by atoms with Gasteiger partial charge in [0.2, 0.25) is 5.91 Å². The van der Waals surface area contributed by atoms with E-state index in [-0.39, 0.29) is 23.0 Å². The summed E-state index contributed by atoms with van der Waals surface area (Å²) < 4.78 is 13.5. The average molecular weight is 319 g/mol. The zero-order chi connectivity index (χ0) is 14.7. The van der Waals surface area contributed by atoms with E-state index in [1.165, 1.54) is 12.1 Å². The highest BCUT2D eigenvalue weighted by atomic mass is 35.5. The maximum atomic E-state index is 13.5. The summed E-state index contributed by atoms with van der Waals surface area (Å²) >= 11 is 12.1. The van der Waals surface area contributed by atoms with Crippen LogP contribution in [0.4, 0.5) is 4.39 Å². The van der Waals surface area contributed by atoms with Gasteiger partial charge in [-0.15, -0.1) is 0 Å². The van der Waals surface area contributed by atoms with Crippen LogP contribution in [0.2, 0.25) is 10.0 Å². The van der Waals surface area contributed by atoms with E-state index in [1.807, 2.05) is 6.92 Å². The number of hydrogen-bond acceptors (Lipinski definition) is 2. The van der Waals surface area contributed by atoms with Crippen molar-refractivity contribution in [3.63, 3.8) is 0 Å². The molecule has 1 amide bonds. The Hall–Kier alpha value is -0.840. The van der Waals surface area contributed by atoms with E-state index >= 15 is 0 Å². The predicted octanol–water partition coefficient (Wildman–Crippen LogP) is 3.45. The molecule has 0 radical (unpaired) electrons. The molecule has 0 aromatic heterocycles. The first kappa shape index (κ1) is 15.5. The molecule has 0 spiro atoms. The summed E-state index contributed by atoms with van der Waals surface area (Å²) in [5.74, 6) is -0.539. The summed E-state index contributed by atoms with van der Waals surface area (Å²) in [6.07, 6.45) is 2.69. The van der Waals surface area contributed by atoms with E-state index in [2.05, 4.69) is 10.6 Å². The summed E-state index contributed by atoms with van der Waals surface area (Å²) in [7, 11) is 0. The van der Waals surface area contributed by atoms with Crippen LogP contribution >= 0.6 is 23.2 Å². The Labute approximate surface area is 127 Å². The molecule has 0 bridgehead atoms. The molecular weight excluding hydrogens is 302 g/mol. The highest BCUT2D eigenvalue weighted by Crippen LogP contribution is 2.32. The lowest BCUT2D eigenvalue weighted by Gasteiger charge is -2.23. The monoisotopic (exact) mass is 318 g/mol. The molecule has 1 fully saturated rings. The molecule has 2 N–H and O–H groups in total. The van der Waals surface area contributed by atoms with Crippen LogP contribution in [0, 0.1) is 5.82 Å². The lowest BCUT2D eigenvalue weighted by Crippen LogP contribution is -2.43. The second-order valence-electron chi connectivity index (χ2n) is 4.98. The molecule has 1 aliphatic rings. The van der Waals surface area contributed by atoms with Gasteiger partial charge in [-0.1, -0.05) is 23.2 Å². The van der Waals surface area contributed by atoms with Crippen LogP contribution in [0.5, 0.6) is 0 Å². The standard InChI is InChI=1S/C14H17Cl2FN2O/c1-8(12-9(15)5-6-10(17)13(12)16)19-11-4-2-3-7-18-14(11)20/h5-6,8,11,19H,2-4,7H2,1H3,(H,18,20). The second kappa shape index (κ2) is 6.74. The van der Waals surface area contributed by atoms with E-state index in [0.717, 1.165) is 19.3 Å². The van der Waals surface area contributed by atoms with Crippen LogP contribution in [0.25, 0.3) is 0 Å². The van der Waals surface area contributed by atoms with Crippen LogP contribution < -0.4 is 10.6 Å². The topological polar surface area (TPSA) is 41.1 Å². The van der Waals surface area contributed by atoms with Crippen molar-refractivity contribution in [2.75, 3.05) is 6.54 Å². The number of carbonyl (C=O) groups is 1. The van der Waals surface area contributed by atoms with Gasteiger partial charge in [-0.3, -0.25) is 10.1 Å². The van der Waals surface area contributed by atoms with Crippen molar-refractivity contribution in [1.29, 1.82) is 0 Å². The molecule has 1 aliphatic heterocycles. The fraction of sp³-hybridized carbons (Fsp3) is 0.500. The lowest BCUT2D eigenvalue weighted by atomic mass is 10.0. The van der Waals surface area contributed by atoms with Crippen molar-refractivity contribution in [3.05, 3.63) is 33.6 Å². The number of nitrogens with one attached hydrogen (secondary N) is 2. The zero-order valence-electron chi connectivity index (χ0n) is 11.2. The molecule has 6 heteroatoms. The van der Waals surface area contributed by atoms with Gasteiger partial charge in [0, 0.05) is 23.2 Å². The quantitative estimate of drug-likeness (QED) is 0.838. The Balaban J connectivity index is 2.17. The van der Waals surface area contributed by atoms with Gasteiger partial charge in [0.15, 0.2) is 0 Å². The molecule has 0 saturated carbocycles. The van der Waals surface area contributed by atoms with E-state index in [0.29, 0.717) is 17.1 Å². The largest absolute Gasteiger partial charge is 0.355 e. The van der Waals surface area contributed by atoms with Crippen molar-refractivity contribution in [2.24, 2.45) is 0 Å². The first-order valence-corrected chi connectivity index (χ1v) is 7.43. The van der Waals surface area contributed by atoms with E-state index < -0.39 is 5.82 Å². The van der Waals surface area contributed by atoms with Crippen LogP contribution in [0.3, 0.4) is 0 Å². The predicted molar refractivity (Wildman–Crippen MR) is 78.6 cm³/mol. The maximum absolute atomic E-state index is 13.5. The Bertz CT molecular complexity index is 510. The lowest BCUT2D eigenvalue weighted by molar-refractivity contribution is -0.123. The van der Waals surface area contributed by atoms with Crippen LogP contribution in [0.15, 0.2) is 12.1 Å². The van der Waals surface area contributed by atoms with E-state index in [4.69, 9.17) is 23.2 Å². The first-order valence-electron chi connectivity index (χ1n) is 6.68. The fourth-order valence-corrected chi connectivity index (χ4v) is 3.12. The Morgan fingerprint density at radius 1 is 1.40 bits per heavy atom. The minimum atomic E-state index is -0.509. The third-order valence-electron chi connectivity index (χ3n) is 3.50. The Morgan fingerprint density at radius 2 is 2.15 bits per heavy atom. The van der Waals surface area contributed by atoms with Crippen LogP contribution in [0.1, 0.15) is 37.8 Å². The van der Waals surface area contributed by atoms with Crippen LogP contribution in [-0.4, -0.2) is 18.5 Å². The molecule has 2 atom stereocenters. The normalized spacial score (nSPS) is 21.2. The van der Waals surface area contributed by atoms with Crippen molar-refractivity contribution in [2.45, 2.75) is 38.3 Å². The number of amides is 1. The van der Waals surface area contributed by atoms with Crippen LogP contribution in [-0.2, 0) is 4.79 Å². The summed E-state index contributed by atoms with van der Waals surface area (Å²) in [6, 6.07) is 2.10. The average Bonchev–Trinajstić information content (AvgIpc) is 2.60. The minimum absolute atomic E-state index is 0.00605. The SMILES string of the molecule is CC(NC1CCCCNC1=O)c1c(Cl)ccc(F)c1Cl. The number of benzene rings is 1. The van der Waals surface area contributed by atoms with Crippen molar-refractivity contribution >= 4 is 29.1 Å². The summed E-state index contributed by atoms with van der Waals surface area (Å²) in [6.45, 7) is 2.53. The zero-order valence-corrected chi connectivity index (χ0v) is 12.7. The van der Waals surface area contributed by atoms with Gasteiger partial charge in [0.25, 0.3) is 0 Å². The summed E-state index contributed by atoms with van der Waals surface area (Å²) in [4.78, 5) is 11.9. The van der Waals surface area contributed by atoms with Gasteiger partial charge in [-0.2, -0.15) is 0 Å². The molecule has 2 unspecified atom stereocenters. The molecule has 110 valence electrons. The van der Waals surface area contributed by atoms with Crippen molar-refractivity contribution in [3.8, 4) is 0 Å². The molecule has 2 rings (SSSR count). The Morgan fingerprint density at radius 3 is 2.90 bits per heavy atom. The third kappa shape index (κ3) is 3.43. The van der Waals surface area contributed by atoms with Crippen molar-refractivity contribution in [1.82, 2.24) is 10.6 Å². The fourth-order valence-electron chi connectivity index (χ4n) is 2.42. The van der Waals surface area contributed by atoms with E-state index in [9.17, 15) is 9.18 Å².